The summed E-state index contributed by atoms with van der Waals surface area (Å²) in [7, 11) is 0. The molecule has 7 nitrogen and oxygen atoms in total. The molecule has 0 saturated heterocycles. The lowest BCUT2D eigenvalue weighted by molar-refractivity contribution is -0.384. The molecule has 4 rings (SSSR count). The van der Waals surface area contributed by atoms with E-state index in [-0.39, 0.29) is 16.3 Å². The van der Waals surface area contributed by atoms with E-state index in [1.54, 1.807) is 30.3 Å². The van der Waals surface area contributed by atoms with Gasteiger partial charge < -0.3 is 9.73 Å². The molecule has 0 fully saturated rings. The molecule has 0 unspecified atom stereocenters. The van der Waals surface area contributed by atoms with Gasteiger partial charge in [0.05, 0.1) is 15.5 Å². The molecule has 0 aliphatic carbocycles. The lowest BCUT2D eigenvalue weighted by atomic mass is 10.1. The van der Waals surface area contributed by atoms with Gasteiger partial charge in [0.1, 0.15) is 5.52 Å². The average molecular weight is 472 g/mol. The van der Waals surface area contributed by atoms with Gasteiger partial charge in [0.2, 0.25) is 5.89 Å². The van der Waals surface area contributed by atoms with Crippen LogP contribution in [0.3, 0.4) is 0 Å². The highest BCUT2D eigenvalue weighted by Gasteiger charge is 2.18. The summed E-state index contributed by atoms with van der Waals surface area (Å²) in [4.78, 5) is 27.4. The van der Waals surface area contributed by atoms with Crippen molar-refractivity contribution in [1.29, 1.82) is 0 Å². The number of benzene rings is 3. The molecule has 0 atom stereocenters. The predicted octanol–water partition coefficient (Wildman–Crippen LogP) is 7.30. The number of hydrogen-bond donors (Lipinski definition) is 1. The van der Waals surface area contributed by atoms with Crippen LogP contribution in [0.4, 0.5) is 11.4 Å². The molecule has 1 heterocycles. The minimum atomic E-state index is -0.575. The minimum absolute atomic E-state index is 0.00802. The Balaban J connectivity index is 0.00000141. The Kier molecular flexibility index (Phi) is 7.12. The largest absolute Gasteiger partial charge is 0.436 e. The van der Waals surface area contributed by atoms with E-state index >= 15 is 0 Å². The molecule has 0 bridgehead atoms. The third-order valence-corrected chi connectivity index (χ3v) is 5.12. The van der Waals surface area contributed by atoms with Gasteiger partial charge in [-0.25, -0.2) is 4.98 Å². The third kappa shape index (κ3) is 4.74. The highest BCUT2D eigenvalue weighted by Crippen LogP contribution is 2.32. The van der Waals surface area contributed by atoms with E-state index in [9.17, 15) is 14.9 Å². The van der Waals surface area contributed by atoms with Crippen molar-refractivity contribution in [3.8, 4) is 11.5 Å². The maximum absolute atomic E-state index is 12.7. The van der Waals surface area contributed by atoms with Crippen LogP contribution in [0.15, 0.2) is 59.0 Å². The molecule has 1 N–H and O–H groups in total. The van der Waals surface area contributed by atoms with Crippen molar-refractivity contribution in [1.82, 2.24) is 4.98 Å². The second kappa shape index (κ2) is 9.80. The van der Waals surface area contributed by atoms with Crippen molar-refractivity contribution in [3.05, 3.63) is 85.9 Å². The first-order valence-electron chi connectivity index (χ1n) is 9.75. The van der Waals surface area contributed by atoms with Gasteiger partial charge in [-0.05, 0) is 48.9 Å². The molecule has 4 aromatic rings. The van der Waals surface area contributed by atoms with Crippen LogP contribution >= 0.6 is 23.2 Å². The molecule has 32 heavy (non-hydrogen) atoms. The van der Waals surface area contributed by atoms with Crippen molar-refractivity contribution < 1.29 is 14.1 Å². The van der Waals surface area contributed by atoms with E-state index < -0.39 is 10.8 Å². The Morgan fingerprint density at radius 1 is 1.09 bits per heavy atom. The van der Waals surface area contributed by atoms with E-state index in [2.05, 4.69) is 10.3 Å². The number of anilines is 1. The number of non-ortho nitro benzene ring substituents is 1. The number of nitrogens with zero attached hydrogens (tertiary/aromatic N) is 2. The zero-order valence-corrected chi connectivity index (χ0v) is 19.0. The summed E-state index contributed by atoms with van der Waals surface area (Å²) < 4.78 is 5.82. The van der Waals surface area contributed by atoms with Crippen molar-refractivity contribution >= 4 is 51.6 Å². The Hall–Kier alpha value is -3.42. The smallest absolute Gasteiger partial charge is 0.270 e. The summed E-state index contributed by atoms with van der Waals surface area (Å²) in [5.41, 5.74) is 3.14. The number of oxazole rings is 1. The number of nitro benzene ring substituents is 1. The zero-order chi connectivity index (χ0) is 23.4. The first-order valence-corrected chi connectivity index (χ1v) is 10.5. The lowest BCUT2D eigenvalue weighted by Gasteiger charge is -2.11. The van der Waals surface area contributed by atoms with E-state index in [1.807, 2.05) is 26.8 Å². The normalized spacial score (nSPS) is 10.4. The number of rotatable bonds is 4. The fourth-order valence-electron chi connectivity index (χ4n) is 3.01. The van der Waals surface area contributed by atoms with Crippen LogP contribution in [0.1, 0.15) is 29.8 Å². The van der Waals surface area contributed by atoms with Gasteiger partial charge in [-0.3, -0.25) is 14.9 Å². The fraction of sp³-hybridized carbons (Fsp3) is 0.130. The van der Waals surface area contributed by atoms with E-state index in [0.717, 1.165) is 11.6 Å². The number of nitro groups is 1. The Bertz CT molecular complexity index is 1320. The summed E-state index contributed by atoms with van der Waals surface area (Å²) in [6, 6.07) is 14.2. The first-order chi connectivity index (χ1) is 15.3. The monoisotopic (exact) mass is 471 g/mol. The molecular formula is C23H19Cl2N3O4. The summed E-state index contributed by atoms with van der Waals surface area (Å²) >= 11 is 12.1. The third-order valence-electron chi connectivity index (χ3n) is 4.57. The molecule has 1 aromatic heterocycles. The first kappa shape index (κ1) is 23.2. The Morgan fingerprint density at radius 3 is 2.53 bits per heavy atom. The van der Waals surface area contributed by atoms with Crippen LogP contribution < -0.4 is 5.32 Å². The van der Waals surface area contributed by atoms with Crippen molar-refractivity contribution in [2.75, 3.05) is 5.32 Å². The van der Waals surface area contributed by atoms with Gasteiger partial charge >= 0.3 is 0 Å². The van der Waals surface area contributed by atoms with Crippen LogP contribution in [0.25, 0.3) is 22.6 Å². The molecule has 0 saturated carbocycles. The van der Waals surface area contributed by atoms with Crippen LogP contribution in [0, 0.1) is 17.0 Å². The van der Waals surface area contributed by atoms with Crippen LogP contribution in [0.2, 0.25) is 10.0 Å². The quantitative estimate of drug-likeness (QED) is 0.248. The number of hydrogen-bond acceptors (Lipinski definition) is 5. The molecule has 0 aliphatic heterocycles. The topological polar surface area (TPSA) is 98.3 Å². The maximum Gasteiger partial charge on any atom is 0.270 e. The number of aromatic nitrogens is 1. The van der Waals surface area contributed by atoms with Gasteiger partial charge in [0.25, 0.3) is 11.6 Å². The summed E-state index contributed by atoms with van der Waals surface area (Å²) in [6.45, 7) is 5.82. The van der Waals surface area contributed by atoms with Gasteiger partial charge in [0, 0.05) is 28.4 Å². The molecule has 0 aliphatic rings. The van der Waals surface area contributed by atoms with Gasteiger partial charge in [-0.15, -0.1) is 0 Å². The van der Waals surface area contributed by atoms with Crippen LogP contribution in [-0.4, -0.2) is 15.8 Å². The number of carbonyl (C=O) groups is 1. The second-order valence-electron chi connectivity index (χ2n) is 6.48. The molecule has 0 spiro atoms. The number of amides is 1. The highest BCUT2D eigenvalue weighted by molar-refractivity contribution is 6.34. The number of carbonyl (C=O) groups excluding carboxylic acids is 1. The zero-order valence-electron chi connectivity index (χ0n) is 17.5. The minimum Gasteiger partial charge on any atom is -0.436 e. The van der Waals surface area contributed by atoms with E-state index in [1.165, 1.54) is 12.1 Å². The predicted molar refractivity (Wildman–Crippen MR) is 127 cm³/mol. The molecule has 0 radical (unpaired) electrons. The van der Waals surface area contributed by atoms with Gasteiger partial charge in [-0.1, -0.05) is 43.1 Å². The molecule has 3 aromatic carbocycles. The van der Waals surface area contributed by atoms with E-state index in [0.29, 0.717) is 33.3 Å². The second-order valence-corrected chi connectivity index (χ2v) is 7.33. The standard InChI is InChI=1S/C21H13Cl2N3O4.C2H6/c1-11-14(21-25-18-9-12(22)5-8-19(18)30-21)3-2-4-17(11)24-20(27)15-7-6-13(26(28)29)10-16(15)23;1-2/h2-10H,1H3,(H,24,27);1-2H3. The fourth-order valence-corrected chi connectivity index (χ4v) is 3.44. The highest BCUT2D eigenvalue weighted by atomic mass is 35.5. The van der Waals surface area contributed by atoms with Gasteiger partial charge in [-0.2, -0.15) is 0 Å². The average Bonchev–Trinajstić information content (AvgIpc) is 3.19. The van der Waals surface area contributed by atoms with Crippen LogP contribution in [0.5, 0.6) is 0 Å². The Morgan fingerprint density at radius 2 is 1.84 bits per heavy atom. The number of fused-ring (bicyclic) bond motifs is 1. The number of nitrogens with one attached hydrogen (secondary N) is 1. The van der Waals surface area contributed by atoms with Crippen molar-refractivity contribution in [2.45, 2.75) is 20.8 Å². The SMILES string of the molecule is CC.Cc1c(NC(=O)c2ccc([N+](=O)[O-])cc2Cl)cccc1-c1nc2cc(Cl)ccc2o1. The lowest BCUT2D eigenvalue weighted by Crippen LogP contribution is -2.13. The maximum atomic E-state index is 12.7. The van der Waals surface area contributed by atoms with Crippen molar-refractivity contribution in [3.63, 3.8) is 0 Å². The summed E-state index contributed by atoms with van der Waals surface area (Å²) in [5, 5.41) is 14.2. The molecular weight excluding hydrogens is 453 g/mol. The summed E-state index contributed by atoms with van der Waals surface area (Å²) in [5.74, 6) is -0.0891. The number of halogens is 2. The van der Waals surface area contributed by atoms with Gasteiger partial charge in [0.15, 0.2) is 5.58 Å². The van der Waals surface area contributed by atoms with E-state index in [4.69, 9.17) is 27.6 Å². The molecule has 9 heteroatoms. The molecule has 1 amide bonds. The van der Waals surface area contributed by atoms with Crippen molar-refractivity contribution in [2.24, 2.45) is 0 Å². The van der Waals surface area contributed by atoms with Crippen LogP contribution in [-0.2, 0) is 0 Å². The molecule has 164 valence electrons. The Labute approximate surface area is 194 Å². The summed E-state index contributed by atoms with van der Waals surface area (Å²) in [6.07, 6.45) is 0.